The quantitative estimate of drug-likeness (QED) is 0.628. The average molecular weight is 279 g/mol. The summed E-state index contributed by atoms with van der Waals surface area (Å²) in [6, 6.07) is 5.33. The fourth-order valence-corrected chi connectivity index (χ4v) is 1.40. The summed E-state index contributed by atoms with van der Waals surface area (Å²) in [5, 5.41) is 21.2. The first-order valence-corrected chi connectivity index (χ1v) is 5.20. The first kappa shape index (κ1) is 13.3. The first-order valence-electron chi connectivity index (χ1n) is 5.20. The molecular formula is C11H6FN3O5. The largest absolute Gasteiger partial charge is 0.445 e. The predicted molar refractivity (Wildman–Crippen MR) is 64.0 cm³/mol. The van der Waals surface area contributed by atoms with Gasteiger partial charge in [0.1, 0.15) is 6.20 Å². The van der Waals surface area contributed by atoms with Crippen LogP contribution in [0.4, 0.5) is 15.9 Å². The second-order valence-electron chi connectivity index (χ2n) is 3.56. The first-order chi connectivity index (χ1) is 9.49. The van der Waals surface area contributed by atoms with Gasteiger partial charge in [-0.3, -0.25) is 10.1 Å². The van der Waals surface area contributed by atoms with Crippen LogP contribution in [0.1, 0.15) is 0 Å². The maximum Gasteiger partial charge on any atom is 0.406 e. The molecule has 0 bridgehead atoms. The SMILES string of the molecule is O=[N+]([O-])c1ccc(Oc2cccnc2[N+](=O)[O-])c(F)c1. The number of hydrogen-bond donors (Lipinski definition) is 0. The van der Waals surface area contributed by atoms with E-state index in [1.165, 1.54) is 18.3 Å². The Morgan fingerprint density at radius 3 is 2.45 bits per heavy atom. The zero-order valence-electron chi connectivity index (χ0n) is 9.72. The van der Waals surface area contributed by atoms with E-state index in [-0.39, 0.29) is 11.5 Å². The van der Waals surface area contributed by atoms with Crippen LogP contribution in [0.3, 0.4) is 0 Å². The van der Waals surface area contributed by atoms with Crippen LogP contribution < -0.4 is 4.74 Å². The van der Waals surface area contributed by atoms with Gasteiger partial charge in [-0.2, -0.15) is 0 Å². The molecule has 2 rings (SSSR count). The second-order valence-corrected chi connectivity index (χ2v) is 3.56. The molecule has 0 fully saturated rings. The summed E-state index contributed by atoms with van der Waals surface area (Å²) in [6.45, 7) is 0. The van der Waals surface area contributed by atoms with Crippen LogP contribution in [-0.4, -0.2) is 14.8 Å². The zero-order valence-corrected chi connectivity index (χ0v) is 9.72. The van der Waals surface area contributed by atoms with E-state index in [1.54, 1.807) is 0 Å². The average Bonchev–Trinajstić information content (AvgIpc) is 2.41. The van der Waals surface area contributed by atoms with Gasteiger partial charge in [0.05, 0.1) is 11.0 Å². The molecule has 8 nitrogen and oxygen atoms in total. The highest BCUT2D eigenvalue weighted by Crippen LogP contribution is 2.31. The molecule has 0 atom stereocenters. The molecule has 0 amide bonds. The van der Waals surface area contributed by atoms with Gasteiger partial charge in [-0.05, 0) is 28.1 Å². The summed E-state index contributed by atoms with van der Waals surface area (Å²) in [5.74, 6) is -2.21. The van der Waals surface area contributed by atoms with Gasteiger partial charge in [-0.15, -0.1) is 0 Å². The maximum atomic E-state index is 13.6. The number of pyridine rings is 1. The molecule has 0 aliphatic carbocycles. The van der Waals surface area contributed by atoms with Gasteiger partial charge in [0.15, 0.2) is 11.6 Å². The van der Waals surface area contributed by atoms with Gasteiger partial charge in [0.2, 0.25) is 5.75 Å². The third-order valence-electron chi connectivity index (χ3n) is 2.27. The van der Waals surface area contributed by atoms with E-state index >= 15 is 0 Å². The van der Waals surface area contributed by atoms with Crippen molar-refractivity contribution in [3.63, 3.8) is 0 Å². The minimum Gasteiger partial charge on any atom is -0.445 e. The number of nitro groups is 2. The Bertz CT molecular complexity index is 692. The molecule has 0 saturated carbocycles. The smallest absolute Gasteiger partial charge is 0.406 e. The molecule has 0 spiro atoms. The van der Waals surface area contributed by atoms with Gasteiger partial charge in [-0.1, -0.05) is 0 Å². The Hall–Kier alpha value is -3.10. The van der Waals surface area contributed by atoms with E-state index in [2.05, 4.69) is 4.98 Å². The lowest BCUT2D eigenvalue weighted by molar-refractivity contribution is -0.390. The van der Waals surface area contributed by atoms with E-state index in [0.717, 1.165) is 12.1 Å². The van der Waals surface area contributed by atoms with E-state index < -0.39 is 27.2 Å². The Kier molecular flexibility index (Phi) is 3.51. The van der Waals surface area contributed by atoms with Gasteiger partial charge in [0.25, 0.3) is 5.69 Å². The minimum atomic E-state index is -1.00. The van der Waals surface area contributed by atoms with Crippen molar-refractivity contribution in [2.45, 2.75) is 0 Å². The lowest BCUT2D eigenvalue weighted by atomic mass is 10.3. The number of nitrogens with zero attached hydrogens (tertiary/aromatic N) is 3. The Morgan fingerprint density at radius 2 is 1.85 bits per heavy atom. The number of ether oxygens (including phenoxy) is 1. The minimum absolute atomic E-state index is 0.259. The number of hydrogen-bond acceptors (Lipinski definition) is 6. The third kappa shape index (κ3) is 2.66. The van der Waals surface area contributed by atoms with Crippen molar-refractivity contribution < 1.29 is 19.0 Å². The molecule has 1 aromatic carbocycles. The summed E-state index contributed by atoms with van der Waals surface area (Å²) in [7, 11) is 0. The molecule has 102 valence electrons. The highest BCUT2D eigenvalue weighted by Gasteiger charge is 2.19. The summed E-state index contributed by atoms with van der Waals surface area (Å²) >= 11 is 0. The van der Waals surface area contributed by atoms with Gasteiger partial charge in [-0.25, -0.2) is 4.39 Å². The molecule has 9 heteroatoms. The molecule has 0 aliphatic rings. The van der Waals surface area contributed by atoms with E-state index in [1.807, 2.05) is 0 Å². The van der Waals surface area contributed by atoms with Crippen LogP contribution >= 0.6 is 0 Å². The molecule has 0 N–H and O–H groups in total. The van der Waals surface area contributed by atoms with E-state index in [0.29, 0.717) is 6.07 Å². The highest BCUT2D eigenvalue weighted by atomic mass is 19.1. The monoisotopic (exact) mass is 279 g/mol. The third-order valence-corrected chi connectivity index (χ3v) is 2.27. The van der Waals surface area contributed by atoms with Crippen LogP contribution in [0, 0.1) is 26.0 Å². The highest BCUT2D eigenvalue weighted by molar-refractivity contribution is 5.44. The lowest BCUT2D eigenvalue weighted by Crippen LogP contribution is -1.97. The van der Waals surface area contributed by atoms with E-state index in [9.17, 15) is 24.6 Å². The molecule has 20 heavy (non-hydrogen) atoms. The molecule has 0 aliphatic heterocycles. The molecule has 0 radical (unpaired) electrons. The van der Waals surface area contributed by atoms with Crippen molar-refractivity contribution in [2.24, 2.45) is 0 Å². The summed E-state index contributed by atoms with van der Waals surface area (Å²) < 4.78 is 18.6. The molecule has 1 heterocycles. The fourth-order valence-electron chi connectivity index (χ4n) is 1.40. The fraction of sp³-hybridized carbons (Fsp3) is 0. The second kappa shape index (κ2) is 5.26. The number of non-ortho nitro benzene ring substituents is 1. The molecule has 1 aromatic heterocycles. The number of halogens is 1. The number of aromatic nitrogens is 1. The Morgan fingerprint density at radius 1 is 1.10 bits per heavy atom. The van der Waals surface area contributed by atoms with Gasteiger partial charge >= 0.3 is 5.82 Å². The van der Waals surface area contributed by atoms with Crippen molar-refractivity contribution in [3.05, 3.63) is 62.6 Å². The Balaban J connectivity index is 2.36. The Labute approximate surface area is 110 Å². The molecule has 0 unspecified atom stereocenters. The number of rotatable bonds is 4. The lowest BCUT2D eigenvalue weighted by Gasteiger charge is -2.06. The van der Waals surface area contributed by atoms with Crippen molar-refractivity contribution >= 4 is 11.5 Å². The van der Waals surface area contributed by atoms with Crippen molar-refractivity contribution in [1.82, 2.24) is 4.98 Å². The van der Waals surface area contributed by atoms with Gasteiger partial charge < -0.3 is 14.9 Å². The topological polar surface area (TPSA) is 108 Å². The van der Waals surface area contributed by atoms with Crippen molar-refractivity contribution in [1.29, 1.82) is 0 Å². The summed E-state index contributed by atoms with van der Waals surface area (Å²) in [5.41, 5.74) is -0.449. The van der Waals surface area contributed by atoms with Crippen LogP contribution in [0.25, 0.3) is 0 Å². The number of nitro benzene ring substituents is 1. The van der Waals surface area contributed by atoms with Gasteiger partial charge in [0, 0.05) is 6.07 Å². The summed E-state index contributed by atoms with van der Waals surface area (Å²) in [4.78, 5) is 23.1. The molecule has 2 aromatic rings. The van der Waals surface area contributed by atoms with Crippen LogP contribution in [0.2, 0.25) is 0 Å². The zero-order chi connectivity index (χ0) is 14.7. The summed E-state index contributed by atoms with van der Waals surface area (Å²) in [6.07, 6.45) is 1.19. The standard InChI is InChI=1S/C11H6FN3O5/c12-8-6-7(14(16)17)3-4-9(8)20-10-2-1-5-13-11(10)15(18)19/h1-6H. The predicted octanol–water partition coefficient (Wildman–Crippen LogP) is 2.83. The molecule has 0 saturated heterocycles. The number of benzene rings is 1. The van der Waals surface area contributed by atoms with Crippen LogP contribution in [0.5, 0.6) is 11.5 Å². The van der Waals surface area contributed by atoms with Crippen LogP contribution in [0.15, 0.2) is 36.5 Å². The van der Waals surface area contributed by atoms with Crippen molar-refractivity contribution in [2.75, 3.05) is 0 Å². The molecular weight excluding hydrogens is 273 g/mol. The van der Waals surface area contributed by atoms with Crippen molar-refractivity contribution in [3.8, 4) is 11.5 Å². The normalized spacial score (nSPS) is 10.1. The maximum absolute atomic E-state index is 13.6. The van der Waals surface area contributed by atoms with E-state index in [4.69, 9.17) is 4.74 Å². The van der Waals surface area contributed by atoms with Crippen LogP contribution in [-0.2, 0) is 0 Å².